The maximum Gasteiger partial charge on any atom is 0.138 e. The van der Waals surface area contributed by atoms with Gasteiger partial charge in [0.1, 0.15) is 5.75 Å². The molecule has 2 rings (SSSR count). The molecular weight excluding hydrogens is 268 g/mol. The Labute approximate surface area is 118 Å². The Morgan fingerprint density at radius 3 is 2.72 bits per heavy atom. The number of rotatable bonds is 1. The fraction of sp³-hybridized carbons (Fsp3) is 0.538. The topological polar surface area (TPSA) is 24.5 Å². The molecular formula is C13H19ClN2OS. The maximum absolute atomic E-state index is 6.25. The van der Waals surface area contributed by atoms with E-state index in [-0.39, 0.29) is 5.54 Å². The summed E-state index contributed by atoms with van der Waals surface area (Å²) in [5.41, 5.74) is 1.24. The first-order chi connectivity index (χ1) is 8.43. The molecule has 18 heavy (non-hydrogen) atoms. The fourth-order valence-corrected chi connectivity index (χ4v) is 3.10. The van der Waals surface area contributed by atoms with Crippen molar-refractivity contribution in [2.75, 3.05) is 25.1 Å². The van der Waals surface area contributed by atoms with Crippen LogP contribution >= 0.6 is 23.5 Å². The molecule has 0 aliphatic carbocycles. The molecule has 0 saturated carbocycles. The van der Waals surface area contributed by atoms with E-state index in [9.17, 15) is 0 Å². The highest BCUT2D eigenvalue weighted by atomic mass is 35.5. The summed E-state index contributed by atoms with van der Waals surface area (Å²) < 4.78 is 8.63. The van der Waals surface area contributed by atoms with Crippen LogP contribution in [0.4, 0.5) is 5.69 Å². The van der Waals surface area contributed by atoms with E-state index in [1.54, 1.807) is 19.1 Å². The fourth-order valence-electron chi connectivity index (χ4n) is 2.08. The molecule has 0 saturated heterocycles. The number of hydrogen-bond acceptors (Lipinski definition) is 4. The van der Waals surface area contributed by atoms with E-state index in [1.807, 2.05) is 12.1 Å². The van der Waals surface area contributed by atoms with Crippen molar-refractivity contribution in [2.24, 2.45) is 0 Å². The van der Waals surface area contributed by atoms with Crippen LogP contribution in [0.15, 0.2) is 17.0 Å². The van der Waals surface area contributed by atoms with E-state index in [1.165, 1.54) is 5.69 Å². The SMILES string of the molecule is COc1cc2c(cc1Cl)N(C(C)(C)C)CCNS2. The zero-order valence-electron chi connectivity index (χ0n) is 11.2. The van der Waals surface area contributed by atoms with Gasteiger partial charge in [-0.15, -0.1) is 0 Å². The van der Waals surface area contributed by atoms with Gasteiger partial charge in [-0.1, -0.05) is 11.6 Å². The average molecular weight is 287 g/mol. The number of fused-ring (bicyclic) bond motifs is 1. The van der Waals surface area contributed by atoms with Crippen molar-refractivity contribution in [3.8, 4) is 5.75 Å². The third kappa shape index (κ3) is 2.71. The molecule has 1 aromatic carbocycles. The number of hydrogen-bond donors (Lipinski definition) is 1. The summed E-state index contributed by atoms with van der Waals surface area (Å²) in [7, 11) is 1.64. The van der Waals surface area contributed by atoms with Crippen LogP contribution in [0.25, 0.3) is 0 Å². The van der Waals surface area contributed by atoms with Crippen LogP contribution in [0.2, 0.25) is 5.02 Å². The van der Waals surface area contributed by atoms with Gasteiger partial charge in [0, 0.05) is 23.5 Å². The molecule has 1 aromatic rings. The minimum absolute atomic E-state index is 0.0687. The number of nitrogens with one attached hydrogen (secondary N) is 1. The predicted octanol–water partition coefficient (Wildman–Crippen LogP) is 3.56. The highest BCUT2D eigenvalue weighted by molar-refractivity contribution is 7.97. The van der Waals surface area contributed by atoms with Gasteiger partial charge in [-0.25, -0.2) is 0 Å². The predicted molar refractivity (Wildman–Crippen MR) is 79.0 cm³/mol. The van der Waals surface area contributed by atoms with E-state index < -0.39 is 0 Å². The third-order valence-electron chi connectivity index (χ3n) is 2.95. The lowest BCUT2D eigenvalue weighted by atomic mass is 10.0. The summed E-state index contributed by atoms with van der Waals surface area (Å²) in [5, 5.41) is 0.660. The second-order valence-corrected chi connectivity index (χ2v) is 6.61. The summed E-state index contributed by atoms with van der Waals surface area (Å²) in [6, 6.07) is 4.00. The third-order valence-corrected chi connectivity index (χ3v) is 4.14. The number of benzene rings is 1. The Bertz CT molecular complexity index is 445. The average Bonchev–Trinajstić information content (AvgIpc) is 2.48. The molecule has 1 N–H and O–H groups in total. The smallest absolute Gasteiger partial charge is 0.138 e. The largest absolute Gasteiger partial charge is 0.495 e. The van der Waals surface area contributed by atoms with Crippen molar-refractivity contribution in [3.05, 3.63) is 17.2 Å². The van der Waals surface area contributed by atoms with Crippen molar-refractivity contribution in [2.45, 2.75) is 31.2 Å². The van der Waals surface area contributed by atoms with Gasteiger partial charge in [0.25, 0.3) is 0 Å². The monoisotopic (exact) mass is 286 g/mol. The summed E-state index contributed by atoms with van der Waals surface area (Å²) in [5.74, 6) is 0.723. The van der Waals surface area contributed by atoms with Crippen molar-refractivity contribution in [1.29, 1.82) is 0 Å². The number of halogens is 1. The van der Waals surface area contributed by atoms with Crippen LogP contribution in [0.5, 0.6) is 5.75 Å². The molecule has 5 heteroatoms. The zero-order valence-corrected chi connectivity index (χ0v) is 12.8. The molecule has 0 bridgehead atoms. The minimum atomic E-state index is 0.0687. The Kier molecular flexibility index (Phi) is 3.99. The Morgan fingerprint density at radius 2 is 2.11 bits per heavy atom. The molecule has 0 unspecified atom stereocenters. The molecule has 0 spiro atoms. The second kappa shape index (κ2) is 5.19. The van der Waals surface area contributed by atoms with E-state index in [0.29, 0.717) is 5.02 Å². The van der Waals surface area contributed by atoms with Gasteiger partial charge in [-0.3, -0.25) is 4.72 Å². The molecule has 3 nitrogen and oxygen atoms in total. The molecule has 0 atom stereocenters. The molecule has 100 valence electrons. The first-order valence-corrected chi connectivity index (χ1v) is 7.18. The molecule has 1 heterocycles. The van der Waals surface area contributed by atoms with Gasteiger partial charge in [0.2, 0.25) is 0 Å². The quantitative estimate of drug-likeness (QED) is 0.798. The van der Waals surface area contributed by atoms with E-state index in [0.717, 1.165) is 23.7 Å². The van der Waals surface area contributed by atoms with Crippen LogP contribution in [-0.4, -0.2) is 25.7 Å². The molecule has 0 amide bonds. The van der Waals surface area contributed by atoms with E-state index in [2.05, 4.69) is 30.4 Å². The van der Waals surface area contributed by atoms with Crippen LogP contribution < -0.4 is 14.4 Å². The summed E-state index contributed by atoms with van der Waals surface area (Å²) in [6.45, 7) is 8.55. The summed E-state index contributed by atoms with van der Waals surface area (Å²) in [4.78, 5) is 3.53. The standard InChI is InChI=1S/C13H19ClN2OS/c1-13(2,3)16-6-5-15-18-12-8-11(17-4)9(14)7-10(12)16/h7-8,15H,5-6H2,1-4H3. The molecule has 1 aliphatic heterocycles. The van der Waals surface area contributed by atoms with Crippen molar-refractivity contribution in [3.63, 3.8) is 0 Å². The maximum atomic E-state index is 6.25. The Morgan fingerprint density at radius 1 is 1.39 bits per heavy atom. The van der Waals surface area contributed by atoms with Gasteiger partial charge in [0.05, 0.1) is 17.8 Å². The van der Waals surface area contributed by atoms with Gasteiger partial charge in [0.15, 0.2) is 0 Å². The van der Waals surface area contributed by atoms with Crippen LogP contribution in [-0.2, 0) is 0 Å². The lowest BCUT2D eigenvalue weighted by Gasteiger charge is -2.37. The number of anilines is 1. The highest BCUT2D eigenvalue weighted by Crippen LogP contribution is 2.40. The Balaban J connectivity index is 2.51. The van der Waals surface area contributed by atoms with E-state index >= 15 is 0 Å². The van der Waals surface area contributed by atoms with Crippen molar-refractivity contribution >= 4 is 29.2 Å². The van der Waals surface area contributed by atoms with Crippen LogP contribution in [0.3, 0.4) is 0 Å². The lowest BCUT2D eigenvalue weighted by molar-refractivity contribution is 0.413. The van der Waals surface area contributed by atoms with Crippen molar-refractivity contribution in [1.82, 2.24) is 4.72 Å². The van der Waals surface area contributed by atoms with E-state index in [4.69, 9.17) is 16.3 Å². The van der Waals surface area contributed by atoms with Crippen molar-refractivity contribution < 1.29 is 4.74 Å². The van der Waals surface area contributed by atoms with Crippen LogP contribution in [0.1, 0.15) is 20.8 Å². The summed E-state index contributed by atoms with van der Waals surface area (Å²) in [6.07, 6.45) is 0. The number of methoxy groups -OCH3 is 1. The van der Waals surface area contributed by atoms with Gasteiger partial charge >= 0.3 is 0 Å². The Hall–Kier alpha value is -0.580. The molecule has 1 aliphatic rings. The molecule has 0 fully saturated rings. The van der Waals surface area contributed by atoms with Gasteiger partial charge in [-0.2, -0.15) is 0 Å². The summed E-state index contributed by atoms with van der Waals surface area (Å²) >= 11 is 7.89. The molecule has 0 radical (unpaired) electrons. The van der Waals surface area contributed by atoms with Gasteiger partial charge in [-0.05, 0) is 44.9 Å². The number of ether oxygens (including phenoxy) is 1. The van der Waals surface area contributed by atoms with Gasteiger partial charge < -0.3 is 9.64 Å². The lowest BCUT2D eigenvalue weighted by Crippen LogP contribution is -2.43. The molecule has 0 aromatic heterocycles. The minimum Gasteiger partial charge on any atom is -0.495 e. The highest BCUT2D eigenvalue weighted by Gasteiger charge is 2.26. The first kappa shape index (κ1) is 13.8. The van der Waals surface area contributed by atoms with Crippen LogP contribution in [0, 0.1) is 0 Å². The number of nitrogens with zero attached hydrogens (tertiary/aromatic N) is 1. The zero-order chi connectivity index (χ0) is 13.3. The second-order valence-electron chi connectivity index (χ2n) is 5.27. The normalized spacial score (nSPS) is 16.2. The first-order valence-electron chi connectivity index (χ1n) is 5.98.